The summed E-state index contributed by atoms with van der Waals surface area (Å²) in [6.07, 6.45) is 6.06. The summed E-state index contributed by atoms with van der Waals surface area (Å²) in [6.45, 7) is 5.16. The van der Waals surface area contributed by atoms with Crippen LogP contribution in [0.25, 0.3) is 11.1 Å². The van der Waals surface area contributed by atoms with Crippen molar-refractivity contribution in [2.45, 2.75) is 13.1 Å². The van der Waals surface area contributed by atoms with Gasteiger partial charge >= 0.3 is 0 Å². The molecular formula is C14H14N6O2. The third kappa shape index (κ3) is 2.34. The topological polar surface area (TPSA) is 107 Å². The van der Waals surface area contributed by atoms with Gasteiger partial charge in [0.1, 0.15) is 0 Å². The van der Waals surface area contributed by atoms with E-state index < -0.39 is 5.91 Å². The quantitative estimate of drug-likeness (QED) is 0.800. The second-order valence-electron chi connectivity index (χ2n) is 4.85. The lowest BCUT2D eigenvalue weighted by atomic mass is 10.1. The fourth-order valence-corrected chi connectivity index (χ4v) is 2.40. The molecule has 0 atom stereocenters. The Bertz CT molecular complexity index is 749. The van der Waals surface area contributed by atoms with Crippen molar-refractivity contribution in [3.63, 3.8) is 0 Å². The van der Waals surface area contributed by atoms with Crippen molar-refractivity contribution >= 4 is 11.8 Å². The minimum Gasteiger partial charge on any atom is -0.363 e. The summed E-state index contributed by atoms with van der Waals surface area (Å²) in [5.41, 5.74) is 7.58. The Hall–Kier alpha value is -3.03. The van der Waals surface area contributed by atoms with E-state index in [9.17, 15) is 9.59 Å². The number of aromatic nitrogens is 4. The summed E-state index contributed by atoms with van der Waals surface area (Å²) in [4.78, 5) is 32.3. The summed E-state index contributed by atoms with van der Waals surface area (Å²) >= 11 is 0. The molecule has 8 nitrogen and oxygen atoms in total. The Morgan fingerprint density at radius 1 is 1.23 bits per heavy atom. The van der Waals surface area contributed by atoms with Gasteiger partial charge in [0.15, 0.2) is 0 Å². The first-order chi connectivity index (χ1) is 10.6. The molecule has 2 N–H and O–H groups in total. The molecule has 0 aromatic carbocycles. The molecule has 0 aliphatic carbocycles. The van der Waals surface area contributed by atoms with Gasteiger partial charge in [-0.2, -0.15) is 5.10 Å². The maximum atomic E-state index is 11.8. The van der Waals surface area contributed by atoms with Crippen molar-refractivity contribution in [3.05, 3.63) is 42.8 Å². The first-order valence-electron chi connectivity index (χ1n) is 6.68. The zero-order valence-electron chi connectivity index (χ0n) is 11.8. The normalized spacial score (nSPS) is 13.5. The molecule has 1 aliphatic heterocycles. The van der Waals surface area contributed by atoms with Crippen LogP contribution in [0.5, 0.6) is 0 Å². The van der Waals surface area contributed by atoms with Crippen LogP contribution in [0.4, 0.5) is 0 Å². The molecule has 0 unspecified atom stereocenters. The molecule has 2 aromatic heterocycles. The maximum Gasteiger partial charge on any atom is 0.286 e. The van der Waals surface area contributed by atoms with E-state index in [2.05, 4.69) is 21.6 Å². The average molecular weight is 298 g/mol. The highest BCUT2D eigenvalue weighted by Gasteiger charge is 2.23. The van der Waals surface area contributed by atoms with Crippen molar-refractivity contribution in [3.8, 4) is 11.1 Å². The summed E-state index contributed by atoms with van der Waals surface area (Å²) in [7, 11) is 0. The Morgan fingerprint density at radius 3 is 2.59 bits per heavy atom. The molecule has 0 fully saturated rings. The van der Waals surface area contributed by atoms with E-state index in [1.807, 2.05) is 4.68 Å². The van der Waals surface area contributed by atoms with E-state index in [-0.39, 0.29) is 11.7 Å². The van der Waals surface area contributed by atoms with Crippen LogP contribution in [0.15, 0.2) is 31.2 Å². The molecule has 1 aliphatic rings. The summed E-state index contributed by atoms with van der Waals surface area (Å²) in [5.74, 6) is -0.821. The lowest BCUT2D eigenvalue weighted by molar-refractivity contribution is -0.127. The lowest BCUT2D eigenvalue weighted by Crippen LogP contribution is -2.37. The van der Waals surface area contributed by atoms with Gasteiger partial charge in [0.2, 0.25) is 11.7 Å². The Morgan fingerprint density at radius 2 is 1.95 bits per heavy atom. The van der Waals surface area contributed by atoms with Gasteiger partial charge in [0.05, 0.1) is 25.0 Å². The molecule has 112 valence electrons. The smallest absolute Gasteiger partial charge is 0.286 e. The largest absolute Gasteiger partial charge is 0.363 e. The van der Waals surface area contributed by atoms with Gasteiger partial charge in [-0.15, -0.1) is 0 Å². The van der Waals surface area contributed by atoms with E-state index in [1.54, 1.807) is 11.1 Å². The molecule has 0 radical (unpaired) electrons. The molecule has 0 spiro atoms. The van der Waals surface area contributed by atoms with Gasteiger partial charge in [0, 0.05) is 30.1 Å². The molecule has 22 heavy (non-hydrogen) atoms. The fraction of sp³-hybridized carbons (Fsp3) is 0.214. The van der Waals surface area contributed by atoms with E-state index >= 15 is 0 Å². The third-order valence-corrected chi connectivity index (χ3v) is 3.54. The van der Waals surface area contributed by atoms with Crippen LogP contribution in [0.3, 0.4) is 0 Å². The molecule has 2 aromatic rings. The number of fused-ring (bicyclic) bond motifs is 1. The monoisotopic (exact) mass is 298 g/mol. The van der Waals surface area contributed by atoms with E-state index in [1.165, 1.54) is 18.5 Å². The molecule has 0 saturated heterocycles. The SMILES string of the molecule is C=CC(=O)N1CCn2ncc(-c3cnc(C(N)=O)nc3)c2C1. The lowest BCUT2D eigenvalue weighted by Gasteiger charge is -2.27. The molecule has 3 heterocycles. The van der Waals surface area contributed by atoms with Crippen LogP contribution in [-0.4, -0.2) is 43.0 Å². The van der Waals surface area contributed by atoms with Crippen molar-refractivity contribution in [1.82, 2.24) is 24.6 Å². The van der Waals surface area contributed by atoms with Gasteiger partial charge < -0.3 is 10.6 Å². The Kier molecular flexibility index (Phi) is 3.42. The molecule has 0 saturated carbocycles. The van der Waals surface area contributed by atoms with Crippen LogP contribution in [-0.2, 0) is 17.9 Å². The van der Waals surface area contributed by atoms with Crippen LogP contribution >= 0.6 is 0 Å². The Balaban J connectivity index is 1.94. The number of carbonyl (C=O) groups excluding carboxylic acids is 2. The fourth-order valence-electron chi connectivity index (χ4n) is 2.40. The van der Waals surface area contributed by atoms with Crippen molar-refractivity contribution < 1.29 is 9.59 Å². The highest BCUT2D eigenvalue weighted by molar-refractivity contribution is 5.89. The summed E-state index contributed by atoms with van der Waals surface area (Å²) in [5, 5.41) is 4.32. The predicted octanol–water partition coefficient (Wildman–Crippen LogP) is -0.0328. The van der Waals surface area contributed by atoms with E-state index in [4.69, 9.17) is 5.73 Å². The number of amides is 2. The summed E-state index contributed by atoms with van der Waals surface area (Å²) < 4.78 is 1.85. The van der Waals surface area contributed by atoms with Crippen LogP contribution in [0, 0.1) is 0 Å². The molecule has 3 rings (SSSR count). The molecule has 0 bridgehead atoms. The number of nitrogens with zero attached hydrogens (tertiary/aromatic N) is 5. The van der Waals surface area contributed by atoms with E-state index in [0.29, 0.717) is 19.6 Å². The van der Waals surface area contributed by atoms with Crippen LogP contribution < -0.4 is 5.73 Å². The van der Waals surface area contributed by atoms with Crippen molar-refractivity contribution in [1.29, 1.82) is 0 Å². The number of hydrogen-bond acceptors (Lipinski definition) is 5. The second-order valence-corrected chi connectivity index (χ2v) is 4.85. The maximum absolute atomic E-state index is 11.8. The number of rotatable bonds is 3. The molecular weight excluding hydrogens is 284 g/mol. The summed E-state index contributed by atoms with van der Waals surface area (Å²) in [6, 6.07) is 0. The number of primary amides is 1. The predicted molar refractivity (Wildman–Crippen MR) is 77.4 cm³/mol. The molecule has 2 amide bonds. The average Bonchev–Trinajstić information content (AvgIpc) is 2.97. The number of nitrogens with two attached hydrogens (primary N) is 1. The second kappa shape index (κ2) is 5.40. The van der Waals surface area contributed by atoms with Gasteiger partial charge in [-0.25, -0.2) is 9.97 Å². The highest BCUT2D eigenvalue weighted by atomic mass is 16.2. The first kappa shape index (κ1) is 13.9. The minimum atomic E-state index is -0.675. The molecule has 8 heteroatoms. The van der Waals surface area contributed by atoms with Gasteiger partial charge in [-0.3, -0.25) is 14.3 Å². The van der Waals surface area contributed by atoms with Gasteiger partial charge in [-0.1, -0.05) is 6.58 Å². The van der Waals surface area contributed by atoms with Crippen molar-refractivity contribution in [2.24, 2.45) is 5.73 Å². The van der Waals surface area contributed by atoms with E-state index in [0.717, 1.165) is 16.8 Å². The van der Waals surface area contributed by atoms with Crippen LogP contribution in [0.1, 0.15) is 16.3 Å². The van der Waals surface area contributed by atoms with Crippen molar-refractivity contribution in [2.75, 3.05) is 6.54 Å². The highest BCUT2D eigenvalue weighted by Crippen LogP contribution is 2.26. The zero-order chi connectivity index (χ0) is 15.7. The third-order valence-electron chi connectivity index (χ3n) is 3.54. The first-order valence-corrected chi connectivity index (χ1v) is 6.68. The Labute approximate surface area is 126 Å². The van der Waals surface area contributed by atoms with Crippen LogP contribution in [0.2, 0.25) is 0 Å². The van der Waals surface area contributed by atoms with Gasteiger partial charge in [0.25, 0.3) is 5.91 Å². The number of carbonyl (C=O) groups is 2. The number of hydrogen-bond donors (Lipinski definition) is 1. The zero-order valence-corrected chi connectivity index (χ0v) is 11.8. The minimum absolute atomic E-state index is 0.0340. The standard InChI is InChI=1S/C14H14N6O2/c1-2-12(21)19-3-4-20-11(8-19)10(7-18-20)9-5-16-14(13(15)22)17-6-9/h2,5-7H,1,3-4,8H2,(H2,15,22). The van der Waals surface area contributed by atoms with Gasteiger partial charge in [-0.05, 0) is 6.08 Å².